The van der Waals surface area contributed by atoms with E-state index < -0.39 is 0 Å². The Morgan fingerprint density at radius 3 is 1.30 bits per heavy atom. The monoisotopic (exact) mass is 738 g/mol. The van der Waals surface area contributed by atoms with E-state index in [9.17, 15) is 0 Å². The van der Waals surface area contributed by atoms with E-state index >= 15 is 0 Å². The molecule has 0 atom stereocenters. The zero-order chi connectivity index (χ0) is 38.6. The maximum atomic E-state index is 6.06. The van der Waals surface area contributed by atoms with Gasteiger partial charge in [-0.15, -0.1) is 6.58 Å². The Morgan fingerprint density at radius 1 is 0.491 bits per heavy atom. The first-order chi connectivity index (χ1) is 28.1. The number of benzene rings is 7. The molecule has 0 saturated heterocycles. The molecule has 0 saturated carbocycles. The molecule has 2 heterocycles. The molecule has 57 heavy (non-hydrogen) atoms. The van der Waals surface area contributed by atoms with Gasteiger partial charge in [0.1, 0.15) is 0 Å². The van der Waals surface area contributed by atoms with Crippen molar-refractivity contribution in [1.82, 2.24) is 15.0 Å². The third-order valence-electron chi connectivity index (χ3n) is 10.9. The van der Waals surface area contributed by atoms with E-state index in [0.29, 0.717) is 30.7 Å². The van der Waals surface area contributed by atoms with E-state index in [-0.39, 0.29) is 5.41 Å². The second kappa shape index (κ2) is 15.7. The van der Waals surface area contributed by atoms with Crippen LogP contribution in [0.3, 0.4) is 0 Å². The Hall–Kier alpha value is -6.95. The van der Waals surface area contributed by atoms with E-state index in [2.05, 4.69) is 140 Å². The summed E-state index contributed by atoms with van der Waals surface area (Å²) in [5, 5.41) is 0. The highest BCUT2D eigenvalue weighted by molar-refractivity contribution is 5.90. The molecule has 5 heteroatoms. The number of aromatic nitrogens is 3. The number of nitrogens with zero attached hydrogens (tertiary/aromatic N) is 4. The van der Waals surface area contributed by atoms with Crippen LogP contribution in [0.4, 0.5) is 17.1 Å². The van der Waals surface area contributed by atoms with Gasteiger partial charge in [-0.1, -0.05) is 159 Å². The molecule has 0 spiro atoms. The van der Waals surface area contributed by atoms with Gasteiger partial charge in [-0.05, 0) is 76.2 Å². The Balaban J connectivity index is 1.21. The van der Waals surface area contributed by atoms with E-state index in [0.717, 1.165) is 51.3 Å². The normalized spacial score (nSPS) is 12.8. The molecule has 8 aromatic rings. The van der Waals surface area contributed by atoms with Gasteiger partial charge in [0.25, 0.3) is 0 Å². The highest BCUT2D eigenvalue weighted by atomic mass is 16.5. The standard InChI is InChI=1S/C52H42N4O/c1-3-33-57-34-32-52(2)45-30-26-42(37-16-8-4-9-17-37)35-47(45)56(48-36-43(27-31-46(48)52)38-18-10-5-11-19-38)44-28-24-41(25-29-44)51-54-49(39-20-12-6-13-21-39)53-50(55-51)40-22-14-7-15-23-40/h3-31,35-36H,1,32-34H2,2H3. The molecular weight excluding hydrogens is 697 g/mol. The van der Waals surface area contributed by atoms with Crippen LogP contribution < -0.4 is 4.90 Å². The van der Waals surface area contributed by atoms with Crippen LogP contribution in [0.5, 0.6) is 0 Å². The van der Waals surface area contributed by atoms with E-state index in [1.807, 2.05) is 66.7 Å². The average Bonchev–Trinajstić information content (AvgIpc) is 3.29. The highest BCUT2D eigenvalue weighted by Gasteiger charge is 2.40. The third-order valence-corrected chi connectivity index (χ3v) is 10.9. The number of hydrogen-bond donors (Lipinski definition) is 0. The summed E-state index contributed by atoms with van der Waals surface area (Å²) < 4.78 is 6.06. The van der Waals surface area contributed by atoms with Crippen molar-refractivity contribution < 1.29 is 4.74 Å². The smallest absolute Gasteiger partial charge is 0.164 e. The van der Waals surface area contributed by atoms with Gasteiger partial charge < -0.3 is 9.64 Å². The van der Waals surface area contributed by atoms with Crippen LogP contribution in [-0.4, -0.2) is 28.2 Å². The van der Waals surface area contributed by atoms with E-state index in [4.69, 9.17) is 19.7 Å². The summed E-state index contributed by atoms with van der Waals surface area (Å²) in [4.78, 5) is 17.4. The molecule has 0 N–H and O–H groups in total. The highest BCUT2D eigenvalue weighted by Crippen LogP contribution is 2.55. The topological polar surface area (TPSA) is 51.1 Å². The Labute approximate surface area is 334 Å². The van der Waals surface area contributed by atoms with Gasteiger partial charge in [-0.3, -0.25) is 0 Å². The van der Waals surface area contributed by atoms with Crippen molar-refractivity contribution in [2.24, 2.45) is 0 Å². The average molecular weight is 739 g/mol. The van der Waals surface area contributed by atoms with Crippen molar-refractivity contribution in [3.05, 3.63) is 206 Å². The van der Waals surface area contributed by atoms with Crippen LogP contribution in [0, 0.1) is 0 Å². The lowest BCUT2D eigenvalue weighted by Gasteiger charge is -2.44. The molecule has 7 aromatic carbocycles. The summed E-state index contributed by atoms with van der Waals surface area (Å²) in [6, 6.07) is 63.9. The van der Waals surface area contributed by atoms with Crippen molar-refractivity contribution in [3.63, 3.8) is 0 Å². The summed E-state index contributed by atoms with van der Waals surface area (Å²) in [5.41, 5.74) is 13.0. The maximum Gasteiger partial charge on any atom is 0.164 e. The predicted octanol–water partition coefficient (Wildman–Crippen LogP) is 12.9. The van der Waals surface area contributed by atoms with Crippen molar-refractivity contribution in [2.45, 2.75) is 18.8 Å². The summed E-state index contributed by atoms with van der Waals surface area (Å²) in [7, 11) is 0. The molecule has 1 aliphatic heterocycles. The first kappa shape index (κ1) is 35.7. The lowest BCUT2D eigenvalue weighted by molar-refractivity contribution is 0.146. The largest absolute Gasteiger partial charge is 0.377 e. The van der Waals surface area contributed by atoms with Gasteiger partial charge >= 0.3 is 0 Å². The molecule has 1 aromatic heterocycles. The quantitative estimate of drug-likeness (QED) is 0.0977. The van der Waals surface area contributed by atoms with Gasteiger partial charge in [-0.2, -0.15) is 0 Å². The van der Waals surface area contributed by atoms with Crippen molar-refractivity contribution in [3.8, 4) is 56.4 Å². The molecule has 0 bridgehead atoms. The number of rotatable bonds is 11. The second-order valence-electron chi connectivity index (χ2n) is 14.6. The molecule has 0 fully saturated rings. The predicted molar refractivity (Wildman–Crippen MR) is 234 cm³/mol. The van der Waals surface area contributed by atoms with Crippen molar-refractivity contribution in [2.75, 3.05) is 18.1 Å². The molecule has 1 aliphatic rings. The molecule has 5 nitrogen and oxygen atoms in total. The van der Waals surface area contributed by atoms with Crippen LogP contribution >= 0.6 is 0 Å². The lowest BCUT2D eigenvalue weighted by Crippen LogP contribution is -2.34. The third kappa shape index (κ3) is 7.06. The summed E-state index contributed by atoms with van der Waals surface area (Å²) in [6.45, 7) is 7.37. The van der Waals surface area contributed by atoms with Crippen LogP contribution in [0.2, 0.25) is 0 Å². The minimum atomic E-state index is -0.320. The van der Waals surface area contributed by atoms with Gasteiger partial charge in [0.05, 0.1) is 18.0 Å². The Morgan fingerprint density at radius 2 is 0.877 bits per heavy atom. The van der Waals surface area contributed by atoms with Crippen LogP contribution in [-0.2, 0) is 10.2 Å². The van der Waals surface area contributed by atoms with Gasteiger partial charge in [0, 0.05) is 34.4 Å². The molecule has 0 amide bonds. The molecule has 0 radical (unpaired) electrons. The van der Waals surface area contributed by atoms with Gasteiger partial charge in [0.15, 0.2) is 17.5 Å². The zero-order valence-electron chi connectivity index (χ0n) is 31.9. The fourth-order valence-corrected chi connectivity index (χ4v) is 7.95. The maximum absolute atomic E-state index is 6.06. The van der Waals surface area contributed by atoms with E-state index in [1.54, 1.807) is 0 Å². The SMILES string of the molecule is C=CCOCCC1(C)c2ccc(-c3ccccc3)cc2N(c2ccc(-c3nc(-c4ccccc4)nc(-c4ccccc4)n3)cc2)c2cc(-c3ccccc3)ccc21. The lowest BCUT2D eigenvalue weighted by atomic mass is 9.69. The van der Waals surface area contributed by atoms with E-state index in [1.165, 1.54) is 22.3 Å². The van der Waals surface area contributed by atoms with Crippen LogP contribution in [0.15, 0.2) is 195 Å². The fraction of sp³-hybridized carbons (Fsp3) is 0.0962. The van der Waals surface area contributed by atoms with Gasteiger partial charge in [-0.25, -0.2) is 15.0 Å². The Bertz CT molecular complexity index is 2500. The summed E-state index contributed by atoms with van der Waals surface area (Å²) in [5.74, 6) is 1.90. The van der Waals surface area contributed by atoms with Crippen molar-refractivity contribution in [1.29, 1.82) is 0 Å². The molecule has 0 aliphatic carbocycles. The first-order valence-electron chi connectivity index (χ1n) is 19.5. The Kier molecular flexibility index (Phi) is 9.81. The number of hydrogen-bond acceptors (Lipinski definition) is 5. The number of anilines is 3. The molecular formula is C52H42N4O. The molecule has 276 valence electrons. The summed E-state index contributed by atoms with van der Waals surface area (Å²) >= 11 is 0. The molecule has 0 unspecified atom stereocenters. The number of fused-ring (bicyclic) bond motifs is 2. The number of ether oxygens (including phenoxy) is 1. The van der Waals surface area contributed by atoms with Gasteiger partial charge in [0.2, 0.25) is 0 Å². The minimum Gasteiger partial charge on any atom is -0.377 e. The van der Waals surface area contributed by atoms with Crippen LogP contribution in [0.25, 0.3) is 56.4 Å². The van der Waals surface area contributed by atoms with Crippen molar-refractivity contribution >= 4 is 17.1 Å². The second-order valence-corrected chi connectivity index (χ2v) is 14.6. The summed E-state index contributed by atoms with van der Waals surface area (Å²) in [6.07, 6.45) is 2.63. The zero-order valence-corrected chi connectivity index (χ0v) is 31.9. The first-order valence-corrected chi connectivity index (χ1v) is 19.5. The minimum absolute atomic E-state index is 0.320. The fourth-order valence-electron chi connectivity index (χ4n) is 7.95. The molecule has 9 rings (SSSR count). The van der Waals surface area contributed by atoms with Crippen LogP contribution in [0.1, 0.15) is 24.5 Å².